The van der Waals surface area contributed by atoms with Gasteiger partial charge in [0.2, 0.25) is 0 Å². The van der Waals surface area contributed by atoms with Crippen LogP contribution in [-0.2, 0) is 11.8 Å². The standard InChI is InChI=1S/C10H16F4N4O2/c1-18-8(7(19-2)3-16-18)6(17-15)4-20-5-10(13,14)9(11)12/h3,6,9,17H,4-5,15H2,1-2H3. The first kappa shape index (κ1) is 16.7. The number of nitrogens with two attached hydrogens (primary N) is 1. The molecule has 1 aromatic heterocycles. The lowest BCUT2D eigenvalue weighted by Gasteiger charge is -2.20. The Kier molecular flexibility index (Phi) is 5.72. The molecule has 1 unspecified atom stereocenters. The molecule has 1 atom stereocenters. The Hall–Kier alpha value is -1.39. The first-order chi connectivity index (χ1) is 9.33. The Morgan fingerprint density at radius 1 is 1.50 bits per heavy atom. The summed E-state index contributed by atoms with van der Waals surface area (Å²) in [6, 6.07) is -0.731. The Morgan fingerprint density at radius 2 is 2.15 bits per heavy atom. The first-order valence-corrected chi connectivity index (χ1v) is 5.59. The van der Waals surface area contributed by atoms with Crippen molar-refractivity contribution in [2.24, 2.45) is 12.9 Å². The maximum Gasteiger partial charge on any atom is 0.330 e. The van der Waals surface area contributed by atoms with Gasteiger partial charge in [-0.25, -0.2) is 14.2 Å². The zero-order valence-electron chi connectivity index (χ0n) is 10.9. The number of aryl methyl sites for hydroxylation is 1. The third-order valence-electron chi connectivity index (χ3n) is 2.60. The molecule has 116 valence electrons. The van der Waals surface area contributed by atoms with Crippen molar-refractivity contribution in [1.29, 1.82) is 0 Å². The number of aromatic nitrogens is 2. The van der Waals surface area contributed by atoms with Crippen molar-refractivity contribution in [2.75, 3.05) is 20.3 Å². The molecule has 0 bridgehead atoms. The van der Waals surface area contributed by atoms with E-state index in [9.17, 15) is 17.6 Å². The fourth-order valence-corrected chi connectivity index (χ4v) is 1.56. The fraction of sp³-hybridized carbons (Fsp3) is 0.700. The average molecular weight is 300 g/mol. The Morgan fingerprint density at radius 3 is 2.65 bits per heavy atom. The number of rotatable bonds is 8. The zero-order valence-corrected chi connectivity index (χ0v) is 10.9. The maximum absolute atomic E-state index is 12.7. The Bertz CT molecular complexity index is 427. The molecule has 1 heterocycles. The SMILES string of the molecule is COc1cnn(C)c1C(COCC(F)(F)C(F)F)NN. The van der Waals surface area contributed by atoms with Crippen LogP contribution in [0.3, 0.4) is 0 Å². The van der Waals surface area contributed by atoms with Crippen LogP contribution in [0.2, 0.25) is 0 Å². The maximum atomic E-state index is 12.7. The van der Waals surface area contributed by atoms with E-state index < -0.39 is 25.0 Å². The summed E-state index contributed by atoms with van der Waals surface area (Å²) in [6.45, 7) is -1.74. The smallest absolute Gasteiger partial charge is 0.330 e. The van der Waals surface area contributed by atoms with Crippen LogP contribution in [0.5, 0.6) is 5.75 Å². The van der Waals surface area contributed by atoms with E-state index in [0.717, 1.165) is 0 Å². The Labute approximate surface area is 112 Å². The number of hydrazine groups is 1. The lowest BCUT2D eigenvalue weighted by atomic mass is 10.2. The summed E-state index contributed by atoms with van der Waals surface area (Å²) in [5, 5.41) is 3.91. The van der Waals surface area contributed by atoms with Crippen molar-refractivity contribution >= 4 is 0 Å². The molecule has 1 rings (SSSR count). The number of nitrogens with one attached hydrogen (secondary N) is 1. The van der Waals surface area contributed by atoms with Gasteiger partial charge in [-0.1, -0.05) is 0 Å². The van der Waals surface area contributed by atoms with Crippen LogP contribution in [0.25, 0.3) is 0 Å². The minimum atomic E-state index is -4.20. The van der Waals surface area contributed by atoms with Crippen molar-refractivity contribution in [3.8, 4) is 5.75 Å². The summed E-state index contributed by atoms with van der Waals surface area (Å²) in [5.41, 5.74) is 2.79. The van der Waals surface area contributed by atoms with E-state index in [0.29, 0.717) is 11.4 Å². The number of nitrogens with zero attached hydrogens (tertiary/aromatic N) is 2. The highest BCUT2D eigenvalue weighted by atomic mass is 19.3. The second kappa shape index (κ2) is 6.86. The third-order valence-corrected chi connectivity index (χ3v) is 2.60. The Balaban J connectivity index is 2.67. The van der Waals surface area contributed by atoms with Crippen molar-refractivity contribution in [3.05, 3.63) is 11.9 Å². The van der Waals surface area contributed by atoms with Gasteiger partial charge in [0.1, 0.15) is 12.3 Å². The zero-order chi connectivity index (χ0) is 15.3. The largest absolute Gasteiger partial charge is 0.493 e. The van der Waals surface area contributed by atoms with Gasteiger partial charge < -0.3 is 9.47 Å². The second-order valence-corrected chi connectivity index (χ2v) is 4.02. The minimum Gasteiger partial charge on any atom is -0.493 e. The molecular weight excluding hydrogens is 284 g/mol. The normalized spacial score (nSPS) is 13.8. The average Bonchev–Trinajstić information content (AvgIpc) is 2.76. The fourth-order valence-electron chi connectivity index (χ4n) is 1.56. The van der Waals surface area contributed by atoms with Crippen molar-refractivity contribution in [2.45, 2.75) is 18.4 Å². The first-order valence-electron chi connectivity index (χ1n) is 5.59. The molecule has 0 saturated carbocycles. The number of hydrogen-bond donors (Lipinski definition) is 2. The van der Waals surface area contributed by atoms with Gasteiger partial charge in [0.05, 0.1) is 26.0 Å². The molecule has 0 aliphatic rings. The van der Waals surface area contributed by atoms with Crippen LogP contribution in [0.1, 0.15) is 11.7 Å². The summed E-state index contributed by atoms with van der Waals surface area (Å²) in [4.78, 5) is 0. The molecule has 20 heavy (non-hydrogen) atoms. The number of alkyl halides is 4. The molecule has 0 aromatic carbocycles. The molecular formula is C10H16F4N4O2. The van der Waals surface area contributed by atoms with Gasteiger partial charge >= 0.3 is 12.3 Å². The lowest BCUT2D eigenvalue weighted by molar-refractivity contribution is -0.167. The van der Waals surface area contributed by atoms with Crippen molar-refractivity contribution in [3.63, 3.8) is 0 Å². The van der Waals surface area contributed by atoms with Crippen LogP contribution < -0.4 is 16.0 Å². The summed E-state index contributed by atoms with van der Waals surface area (Å²) < 4.78 is 60.4. The highest BCUT2D eigenvalue weighted by Gasteiger charge is 2.41. The van der Waals surface area contributed by atoms with Gasteiger partial charge in [-0.15, -0.1) is 0 Å². The van der Waals surface area contributed by atoms with E-state index in [1.54, 1.807) is 7.05 Å². The summed E-state index contributed by atoms with van der Waals surface area (Å²) in [6.07, 6.45) is -2.37. The van der Waals surface area contributed by atoms with E-state index in [4.69, 9.17) is 10.6 Å². The molecule has 0 aliphatic carbocycles. The molecule has 6 nitrogen and oxygen atoms in total. The van der Waals surface area contributed by atoms with Crippen molar-refractivity contribution in [1.82, 2.24) is 15.2 Å². The number of halogens is 4. The van der Waals surface area contributed by atoms with Crippen LogP contribution in [0.4, 0.5) is 17.6 Å². The highest BCUT2D eigenvalue weighted by molar-refractivity contribution is 5.28. The molecule has 3 N–H and O–H groups in total. The van der Waals surface area contributed by atoms with Crippen LogP contribution in [-0.4, -0.2) is 42.5 Å². The molecule has 0 aliphatic heterocycles. The quantitative estimate of drug-likeness (QED) is 0.423. The predicted molar refractivity (Wildman–Crippen MR) is 61.6 cm³/mol. The molecule has 0 fully saturated rings. The second-order valence-electron chi connectivity index (χ2n) is 4.02. The van der Waals surface area contributed by atoms with E-state index in [2.05, 4.69) is 15.3 Å². The molecule has 10 heteroatoms. The van der Waals surface area contributed by atoms with Crippen LogP contribution in [0, 0.1) is 0 Å². The number of methoxy groups -OCH3 is 1. The number of ether oxygens (including phenoxy) is 2. The summed E-state index contributed by atoms with van der Waals surface area (Å²) in [5.74, 6) is 1.48. The summed E-state index contributed by atoms with van der Waals surface area (Å²) in [7, 11) is 3.00. The monoisotopic (exact) mass is 300 g/mol. The van der Waals surface area contributed by atoms with Gasteiger partial charge in [0, 0.05) is 7.05 Å². The third kappa shape index (κ3) is 3.81. The van der Waals surface area contributed by atoms with Crippen LogP contribution in [0.15, 0.2) is 6.20 Å². The summed E-state index contributed by atoms with van der Waals surface area (Å²) >= 11 is 0. The van der Waals surface area contributed by atoms with Crippen LogP contribution >= 0.6 is 0 Å². The van der Waals surface area contributed by atoms with E-state index in [-0.39, 0.29) is 6.61 Å². The topological polar surface area (TPSA) is 74.3 Å². The molecule has 0 spiro atoms. The minimum absolute atomic E-state index is 0.339. The van der Waals surface area contributed by atoms with Gasteiger partial charge in [0.15, 0.2) is 5.75 Å². The van der Waals surface area contributed by atoms with Crippen molar-refractivity contribution < 1.29 is 27.0 Å². The predicted octanol–water partition coefficient (Wildman–Crippen LogP) is 0.850. The molecule has 1 aromatic rings. The lowest BCUT2D eigenvalue weighted by Crippen LogP contribution is -2.37. The van der Waals surface area contributed by atoms with E-state index >= 15 is 0 Å². The molecule has 0 amide bonds. The number of hydrogen-bond acceptors (Lipinski definition) is 5. The molecule has 0 saturated heterocycles. The molecule has 0 radical (unpaired) electrons. The van der Waals surface area contributed by atoms with Gasteiger partial charge in [-0.3, -0.25) is 10.5 Å². The van der Waals surface area contributed by atoms with Gasteiger partial charge in [0.25, 0.3) is 0 Å². The van der Waals surface area contributed by atoms with Gasteiger partial charge in [-0.2, -0.15) is 13.9 Å². The van der Waals surface area contributed by atoms with Gasteiger partial charge in [-0.05, 0) is 0 Å². The van der Waals surface area contributed by atoms with E-state index in [1.165, 1.54) is 18.0 Å². The van der Waals surface area contributed by atoms with E-state index in [1.807, 2.05) is 0 Å². The highest BCUT2D eigenvalue weighted by Crippen LogP contribution is 2.26.